The lowest BCUT2D eigenvalue weighted by Crippen LogP contribution is -2.35. The van der Waals surface area contributed by atoms with E-state index in [9.17, 15) is 9.59 Å². The highest BCUT2D eigenvalue weighted by Crippen LogP contribution is 2.07. The molecule has 2 rings (SSSR count). The van der Waals surface area contributed by atoms with Crippen LogP contribution in [0.2, 0.25) is 0 Å². The highest BCUT2D eigenvalue weighted by Gasteiger charge is 2.19. The van der Waals surface area contributed by atoms with Gasteiger partial charge in [0.25, 0.3) is 0 Å². The summed E-state index contributed by atoms with van der Waals surface area (Å²) in [5, 5.41) is 6.21. The molecule has 1 amide bonds. The first-order valence-corrected chi connectivity index (χ1v) is 6.36. The third-order valence-corrected chi connectivity index (χ3v) is 3.18. The van der Waals surface area contributed by atoms with Crippen molar-refractivity contribution in [3.8, 4) is 0 Å². The van der Waals surface area contributed by atoms with Crippen LogP contribution < -0.4 is 10.6 Å². The SMILES string of the molecule is COC(=O)c1ccc(CNCC2CCC(=O)N2)cc1. The van der Waals surface area contributed by atoms with Crippen molar-refractivity contribution in [3.63, 3.8) is 0 Å². The number of hydrogen-bond acceptors (Lipinski definition) is 4. The molecule has 0 saturated carbocycles. The van der Waals surface area contributed by atoms with Crippen molar-refractivity contribution < 1.29 is 14.3 Å². The van der Waals surface area contributed by atoms with Gasteiger partial charge < -0.3 is 15.4 Å². The molecule has 1 atom stereocenters. The third kappa shape index (κ3) is 3.79. The Morgan fingerprint density at radius 1 is 1.42 bits per heavy atom. The van der Waals surface area contributed by atoms with E-state index in [1.54, 1.807) is 12.1 Å². The molecule has 1 fully saturated rings. The zero-order chi connectivity index (χ0) is 13.7. The minimum Gasteiger partial charge on any atom is -0.465 e. The van der Waals surface area contributed by atoms with Crippen LogP contribution in [0, 0.1) is 0 Å². The van der Waals surface area contributed by atoms with Crippen LogP contribution in [0.4, 0.5) is 0 Å². The number of amides is 1. The Bertz CT molecular complexity index is 456. The Labute approximate surface area is 112 Å². The van der Waals surface area contributed by atoms with Crippen molar-refractivity contribution in [1.29, 1.82) is 0 Å². The van der Waals surface area contributed by atoms with E-state index in [0.717, 1.165) is 18.5 Å². The second-order valence-corrected chi connectivity index (χ2v) is 4.62. The Balaban J connectivity index is 1.77. The zero-order valence-electron chi connectivity index (χ0n) is 10.9. The number of nitrogens with one attached hydrogen (secondary N) is 2. The van der Waals surface area contributed by atoms with Crippen molar-refractivity contribution in [1.82, 2.24) is 10.6 Å². The summed E-state index contributed by atoms with van der Waals surface area (Å²) in [6.45, 7) is 1.48. The summed E-state index contributed by atoms with van der Waals surface area (Å²) in [4.78, 5) is 22.3. The zero-order valence-corrected chi connectivity index (χ0v) is 10.9. The molecule has 1 saturated heterocycles. The molecule has 1 aliphatic heterocycles. The monoisotopic (exact) mass is 262 g/mol. The smallest absolute Gasteiger partial charge is 0.337 e. The Morgan fingerprint density at radius 2 is 2.16 bits per heavy atom. The predicted octanol–water partition coefficient (Wildman–Crippen LogP) is 0.841. The molecule has 102 valence electrons. The largest absolute Gasteiger partial charge is 0.465 e. The van der Waals surface area contributed by atoms with E-state index in [1.807, 2.05) is 12.1 Å². The van der Waals surface area contributed by atoms with Crippen LogP contribution in [0.25, 0.3) is 0 Å². The number of rotatable bonds is 5. The van der Waals surface area contributed by atoms with Gasteiger partial charge in [0.2, 0.25) is 5.91 Å². The summed E-state index contributed by atoms with van der Waals surface area (Å²) in [6.07, 6.45) is 1.52. The lowest BCUT2D eigenvalue weighted by molar-refractivity contribution is -0.119. The van der Waals surface area contributed by atoms with Crippen molar-refractivity contribution in [2.24, 2.45) is 0 Å². The molecule has 5 heteroatoms. The number of carbonyl (C=O) groups excluding carboxylic acids is 2. The molecular formula is C14H18N2O3. The molecule has 1 unspecified atom stereocenters. The van der Waals surface area contributed by atoms with Gasteiger partial charge in [-0.25, -0.2) is 4.79 Å². The number of ether oxygens (including phenoxy) is 1. The molecule has 5 nitrogen and oxygen atoms in total. The average Bonchev–Trinajstić information content (AvgIpc) is 2.84. The maximum absolute atomic E-state index is 11.3. The van der Waals surface area contributed by atoms with Crippen molar-refractivity contribution in [3.05, 3.63) is 35.4 Å². The van der Waals surface area contributed by atoms with Crippen LogP contribution in [0.1, 0.15) is 28.8 Å². The van der Waals surface area contributed by atoms with E-state index in [4.69, 9.17) is 0 Å². The summed E-state index contributed by atoms with van der Waals surface area (Å²) in [5.41, 5.74) is 1.64. The van der Waals surface area contributed by atoms with Gasteiger partial charge in [-0.1, -0.05) is 12.1 Å². The highest BCUT2D eigenvalue weighted by molar-refractivity contribution is 5.89. The van der Waals surface area contributed by atoms with Crippen LogP contribution >= 0.6 is 0 Å². The number of benzene rings is 1. The van der Waals surface area contributed by atoms with Gasteiger partial charge in [0.1, 0.15) is 0 Å². The maximum atomic E-state index is 11.3. The van der Waals surface area contributed by atoms with Crippen molar-refractivity contribution >= 4 is 11.9 Å². The van der Waals surface area contributed by atoms with Crippen molar-refractivity contribution in [2.45, 2.75) is 25.4 Å². The summed E-state index contributed by atoms with van der Waals surface area (Å²) < 4.78 is 4.64. The molecule has 0 aliphatic carbocycles. The second kappa shape index (κ2) is 6.33. The third-order valence-electron chi connectivity index (χ3n) is 3.18. The molecule has 0 spiro atoms. The van der Waals surface area contributed by atoms with Gasteiger partial charge in [-0.15, -0.1) is 0 Å². The number of carbonyl (C=O) groups is 2. The molecule has 1 aliphatic rings. The van der Waals surface area contributed by atoms with Gasteiger partial charge in [0.05, 0.1) is 12.7 Å². The van der Waals surface area contributed by atoms with E-state index in [0.29, 0.717) is 18.5 Å². The quantitative estimate of drug-likeness (QED) is 0.772. The van der Waals surface area contributed by atoms with Crippen molar-refractivity contribution in [2.75, 3.05) is 13.7 Å². The fourth-order valence-corrected chi connectivity index (χ4v) is 2.10. The minimum atomic E-state index is -0.326. The second-order valence-electron chi connectivity index (χ2n) is 4.62. The topological polar surface area (TPSA) is 67.4 Å². The number of hydrogen-bond donors (Lipinski definition) is 2. The van der Waals surface area contributed by atoms with Gasteiger partial charge in [-0.3, -0.25) is 4.79 Å². The van der Waals surface area contributed by atoms with E-state index in [1.165, 1.54) is 7.11 Å². The maximum Gasteiger partial charge on any atom is 0.337 e. The molecule has 19 heavy (non-hydrogen) atoms. The lowest BCUT2D eigenvalue weighted by Gasteiger charge is -2.11. The average molecular weight is 262 g/mol. The first-order valence-electron chi connectivity index (χ1n) is 6.36. The molecule has 0 bridgehead atoms. The van der Waals surface area contributed by atoms with Gasteiger partial charge in [-0.05, 0) is 24.1 Å². The van der Waals surface area contributed by atoms with E-state index < -0.39 is 0 Å². The predicted molar refractivity (Wildman–Crippen MR) is 70.7 cm³/mol. The highest BCUT2D eigenvalue weighted by atomic mass is 16.5. The fourth-order valence-electron chi connectivity index (χ4n) is 2.10. The van der Waals surface area contributed by atoms with Gasteiger partial charge >= 0.3 is 5.97 Å². The molecule has 2 N–H and O–H groups in total. The molecule has 0 radical (unpaired) electrons. The summed E-state index contributed by atoms with van der Waals surface area (Å²) >= 11 is 0. The molecule has 1 aromatic carbocycles. The lowest BCUT2D eigenvalue weighted by atomic mass is 10.1. The Morgan fingerprint density at radius 3 is 2.74 bits per heavy atom. The fraction of sp³-hybridized carbons (Fsp3) is 0.429. The number of methoxy groups -OCH3 is 1. The van der Waals surface area contributed by atoms with Gasteiger partial charge in [0, 0.05) is 25.6 Å². The van der Waals surface area contributed by atoms with Crippen LogP contribution in [0.15, 0.2) is 24.3 Å². The molecule has 1 heterocycles. The summed E-state index contributed by atoms with van der Waals surface area (Å²) in [6, 6.07) is 7.53. The van der Waals surface area contributed by atoms with Crippen LogP contribution in [-0.4, -0.2) is 31.6 Å². The van der Waals surface area contributed by atoms with Gasteiger partial charge in [-0.2, -0.15) is 0 Å². The first kappa shape index (κ1) is 13.5. The number of esters is 1. The van der Waals surface area contributed by atoms with E-state index in [2.05, 4.69) is 15.4 Å². The Kier molecular flexibility index (Phi) is 4.52. The van der Waals surface area contributed by atoms with Gasteiger partial charge in [0.15, 0.2) is 0 Å². The minimum absolute atomic E-state index is 0.134. The van der Waals surface area contributed by atoms with Crippen LogP contribution in [0.3, 0.4) is 0 Å². The summed E-state index contributed by atoms with van der Waals surface area (Å²) in [7, 11) is 1.37. The van der Waals surface area contributed by atoms with Crippen LogP contribution in [-0.2, 0) is 16.1 Å². The van der Waals surface area contributed by atoms with E-state index in [-0.39, 0.29) is 17.9 Å². The Hall–Kier alpha value is -1.88. The first-order chi connectivity index (χ1) is 9.19. The summed E-state index contributed by atoms with van der Waals surface area (Å²) in [5.74, 6) is -0.192. The standard InChI is InChI=1S/C14H18N2O3/c1-19-14(18)11-4-2-10(3-5-11)8-15-9-12-6-7-13(17)16-12/h2-5,12,15H,6-9H2,1H3,(H,16,17). The molecule has 0 aromatic heterocycles. The normalized spacial score (nSPS) is 18.2. The molecular weight excluding hydrogens is 244 g/mol. The van der Waals surface area contributed by atoms with Crippen LogP contribution in [0.5, 0.6) is 0 Å². The van der Waals surface area contributed by atoms with E-state index >= 15 is 0 Å². The molecule has 1 aromatic rings.